The molecule has 0 saturated carbocycles. The Morgan fingerprint density at radius 2 is 1.87 bits per heavy atom. The van der Waals surface area contributed by atoms with Gasteiger partial charge < -0.3 is 20.5 Å². The predicted octanol–water partition coefficient (Wildman–Crippen LogP) is 1.53. The number of carbonyl (C=O) groups excluding carboxylic acids is 1. The van der Waals surface area contributed by atoms with Gasteiger partial charge in [0, 0.05) is 36.4 Å². The number of carboxylic acids is 2. The second-order valence-corrected chi connectivity index (χ2v) is 5.27. The van der Waals surface area contributed by atoms with E-state index in [0.717, 1.165) is 16.5 Å². The van der Waals surface area contributed by atoms with Crippen molar-refractivity contribution in [3.63, 3.8) is 0 Å². The summed E-state index contributed by atoms with van der Waals surface area (Å²) in [7, 11) is 0. The Bertz CT molecular complexity index is 722. The van der Waals surface area contributed by atoms with E-state index in [4.69, 9.17) is 5.11 Å². The lowest BCUT2D eigenvalue weighted by Gasteiger charge is -2.14. The second kappa shape index (κ2) is 7.44. The van der Waals surface area contributed by atoms with Crippen molar-refractivity contribution in [2.24, 2.45) is 0 Å². The topological polar surface area (TPSA) is 119 Å². The van der Waals surface area contributed by atoms with Crippen LogP contribution in [0.1, 0.15) is 24.8 Å². The first-order chi connectivity index (χ1) is 11.0. The third kappa shape index (κ3) is 4.57. The van der Waals surface area contributed by atoms with Crippen LogP contribution in [-0.2, 0) is 20.8 Å². The molecule has 1 aromatic heterocycles. The van der Waals surface area contributed by atoms with Gasteiger partial charge in [-0.05, 0) is 18.1 Å². The zero-order chi connectivity index (χ0) is 16.8. The number of aromatic nitrogens is 1. The van der Waals surface area contributed by atoms with E-state index in [1.54, 1.807) is 6.20 Å². The smallest absolute Gasteiger partial charge is 0.326 e. The molecule has 0 fully saturated rings. The van der Waals surface area contributed by atoms with Gasteiger partial charge in [0.25, 0.3) is 0 Å². The fraction of sp³-hybridized carbons (Fsp3) is 0.312. The molecule has 122 valence electrons. The summed E-state index contributed by atoms with van der Waals surface area (Å²) in [5, 5.41) is 21.2. The number of rotatable bonds is 8. The van der Waals surface area contributed by atoms with Gasteiger partial charge in [0.1, 0.15) is 6.04 Å². The maximum atomic E-state index is 11.8. The third-order valence-electron chi connectivity index (χ3n) is 3.53. The van der Waals surface area contributed by atoms with E-state index in [9.17, 15) is 19.5 Å². The lowest BCUT2D eigenvalue weighted by molar-refractivity contribution is -0.142. The highest BCUT2D eigenvalue weighted by atomic mass is 16.4. The molecule has 1 heterocycles. The summed E-state index contributed by atoms with van der Waals surface area (Å²) in [6.45, 7) is 0. The number of hydrogen-bond donors (Lipinski definition) is 4. The van der Waals surface area contributed by atoms with E-state index < -0.39 is 23.9 Å². The van der Waals surface area contributed by atoms with E-state index in [-0.39, 0.29) is 25.7 Å². The van der Waals surface area contributed by atoms with E-state index in [2.05, 4.69) is 10.3 Å². The Balaban J connectivity index is 2.00. The summed E-state index contributed by atoms with van der Waals surface area (Å²) in [6, 6.07) is 6.46. The van der Waals surface area contributed by atoms with Gasteiger partial charge in [-0.1, -0.05) is 18.2 Å². The average Bonchev–Trinajstić information content (AvgIpc) is 2.89. The highest BCUT2D eigenvalue weighted by Gasteiger charge is 2.21. The standard InChI is InChI=1S/C16H18N2O5/c19-14(6-3-7-15(20)21)18-13(16(22)23)8-10-9-17-12-5-2-1-4-11(10)12/h1-2,4-5,9,13,17H,3,6-8H2,(H,18,19)(H,20,21)(H,22,23)/t13-/m0/s1. The zero-order valence-corrected chi connectivity index (χ0v) is 12.4. The maximum Gasteiger partial charge on any atom is 0.326 e. The lowest BCUT2D eigenvalue weighted by Crippen LogP contribution is -2.42. The van der Waals surface area contributed by atoms with Gasteiger partial charge in [-0.25, -0.2) is 4.79 Å². The van der Waals surface area contributed by atoms with Crippen molar-refractivity contribution in [2.45, 2.75) is 31.7 Å². The number of para-hydroxylation sites is 1. The number of carboxylic acid groups (broad SMARTS) is 2. The molecular formula is C16H18N2O5. The second-order valence-electron chi connectivity index (χ2n) is 5.27. The summed E-state index contributed by atoms with van der Waals surface area (Å²) in [5.41, 5.74) is 1.71. The summed E-state index contributed by atoms with van der Waals surface area (Å²) in [5.74, 6) is -2.56. The Morgan fingerprint density at radius 1 is 1.13 bits per heavy atom. The number of carbonyl (C=O) groups is 3. The highest BCUT2D eigenvalue weighted by Crippen LogP contribution is 2.19. The van der Waals surface area contributed by atoms with E-state index >= 15 is 0 Å². The van der Waals surface area contributed by atoms with Crippen molar-refractivity contribution in [1.29, 1.82) is 0 Å². The molecule has 1 aromatic carbocycles. The number of aliphatic carboxylic acids is 2. The van der Waals surface area contributed by atoms with E-state index in [0.29, 0.717) is 0 Å². The van der Waals surface area contributed by atoms with Gasteiger partial charge in [0.05, 0.1) is 0 Å². The van der Waals surface area contributed by atoms with Gasteiger partial charge in [-0.15, -0.1) is 0 Å². The van der Waals surface area contributed by atoms with Crippen LogP contribution in [0.2, 0.25) is 0 Å². The lowest BCUT2D eigenvalue weighted by atomic mass is 10.0. The number of aromatic amines is 1. The molecule has 0 spiro atoms. The fourth-order valence-electron chi connectivity index (χ4n) is 2.39. The van der Waals surface area contributed by atoms with Crippen LogP contribution in [0.25, 0.3) is 10.9 Å². The Morgan fingerprint density at radius 3 is 2.57 bits per heavy atom. The van der Waals surface area contributed by atoms with Crippen molar-refractivity contribution in [1.82, 2.24) is 10.3 Å². The van der Waals surface area contributed by atoms with Gasteiger partial charge in [0.2, 0.25) is 5.91 Å². The van der Waals surface area contributed by atoms with Crippen LogP contribution >= 0.6 is 0 Å². The van der Waals surface area contributed by atoms with Gasteiger partial charge in [-0.3, -0.25) is 9.59 Å². The van der Waals surface area contributed by atoms with E-state index in [1.807, 2.05) is 24.3 Å². The third-order valence-corrected chi connectivity index (χ3v) is 3.53. The molecule has 7 heteroatoms. The van der Waals surface area contributed by atoms with E-state index in [1.165, 1.54) is 0 Å². The van der Waals surface area contributed by atoms with Crippen LogP contribution in [0, 0.1) is 0 Å². The molecule has 2 rings (SSSR count). The van der Waals surface area contributed by atoms with Gasteiger partial charge in [-0.2, -0.15) is 0 Å². The minimum atomic E-state index is -1.12. The molecule has 1 amide bonds. The molecule has 4 N–H and O–H groups in total. The zero-order valence-electron chi connectivity index (χ0n) is 12.4. The quantitative estimate of drug-likeness (QED) is 0.588. The summed E-state index contributed by atoms with van der Waals surface area (Å²) in [6.07, 6.45) is 1.94. The first kappa shape index (κ1) is 16.5. The Kier molecular flexibility index (Phi) is 5.35. The first-order valence-electron chi connectivity index (χ1n) is 7.26. The molecule has 0 unspecified atom stereocenters. The van der Waals surface area contributed by atoms with Crippen molar-refractivity contribution in [3.05, 3.63) is 36.0 Å². The molecule has 0 bridgehead atoms. The van der Waals surface area contributed by atoms with Crippen molar-refractivity contribution < 1.29 is 24.6 Å². The minimum Gasteiger partial charge on any atom is -0.481 e. The minimum absolute atomic E-state index is 0.00996. The molecule has 7 nitrogen and oxygen atoms in total. The van der Waals surface area contributed by atoms with Gasteiger partial charge in [0.15, 0.2) is 0 Å². The molecule has 0 aliphatic rings. The molecule has 0 aliphatic heterocycles. The largest absolute Gasteiger partial charge is 0.481 e. The number of nitrogens with one attached hydrogen (secondary N) is 2. The number of amides is 1. The van der Waals surface area contributed by atoms with Crippen molar-refractivity contribution in [3.8, 4) is 0 Å². The van der Waals surface area contributed by atoms with Crippen LogP contribution in [0.3, 0.4) is 0 Å². The number of H-pyrrole nitrogens is 1. The monoisotopic (exact) mass is 318 g/mol. The highest BCUT2D eigenvalue weighted by molar-refractivity contribution is 5.86. The fourth-order valence-corrected chi connectivity index (χ4v) is 2.39. The van der Waals surface area contributed by atoms with Gasteiger partial charge >= 0.3 is 11.9 Å². The molecular weight excluding hydrogens is 300 g/mol. The molecule has 23 heavy (non-hydrogen) atoms. The van der Waals surface area contributed by atoms with Crippen LogP contribution < -0.4 is 5.32 Å². The van der Waals surface area contributed by atoms with Crippen LogP contribution in [0.4, 0.5) is 0 Å². The molecule has 0 radical (unpaired) electrons. The number of benzene rings is 1. The maximum absolute atomic E-state index is 11.8. The SMILES string of the molecule is O=C(O)CCCC(=O)N[C@@H](Cc1c[nH]c2ccccc12)C(=O)O. The van der Waals surface area contributed by atoms with Crippen molar-refractivity contribution >= 4 is 28.7 Å². The summed E-state index contributed by atoms with van der Waals surface area (Å²) < 4.78 is 0. The number of hydrogen-bond acceptors (Lipinski definition) is 3. The molecule has 2 aromatic rings. The molecule has 0 aliphatic carbocycles. The normalized spacial score (nSPS) is 12.0. The predicted molar refractivity (Wildman–Crippen MR) is 83.1 cm³/mol. The Hall–Kier alpha value is -2.83. The first-order valence-corrected chi connectivity index (χ1v) is 7.26. The Labute approximate surface area is 132 Å². The van der Waals surface area contributed by atoms with Crippen LogP contribution in [0.5, 0.6) is 0 Å². The molecule has 0 saturated heterocycles. The summed E-state index contributed by atoms with van der Waals surface area (Å²) in [4.78, 5) is 36.6. The summed E-state index contributed by atoms with van der Waals surface area (Å²) >= 11 is 0. The average molecular weight is 318 g/mol. The number of fused-ring (bicyclic) bond motifs is 1. The van der Waals surface area contributed by atoms with Crippen LogP contribution in [0.15, 0.2) is 30.5 Å². The van der Waals surface area contributed by atoms with Crippen LogP contribution in [-0.4, -0.2) is 39.1 Å². The van der Waals surface area contributed by atoms with Crippen molar-refractivity contribution in [2.75, 3.05) is 0 Å². The molecule has 1 atom stereocenters.